The molecule has 1 unspecified atom stereocenters. The largest absolute Gasteiger partial charge is 0.467 e. The van der Waals surface area contributed by atoms with Gasteiger partial charge >= 0.3 is 5.97 Å². The quantitative estimate of drug-likeness (QED) is 0.792. The van der Waals surface area contributed by atoms with Crippen molar-refractivity contribution in [2.24, 2.45) is 5.73 Å². The van der Waals surface area contributed by atoms with Crippen molar-refractivity contribution in [2.75, 3.05) is 31.8 Å². The third-order valence-corrected chi connectivity index (χ3v) is 3.12. The molecule has 18 heavy (non-hydrogen) atoms. The number of benzene rings is 1. The van der Waals surface area contributed by atoms with Crippen molar-refractivity contribution in [3.63, 3.8) is 0 Å². The van der Waals surface area contributed by atoms with Crippen LogP contribution in [0, 0.1) is 0 Å². The summed E-state index contributed by atoms with van der Waals surface area (Å²) in [7, 11) is 1.39. The van der Waals surface area contributed by atoms with Gasteiger partial charge in [0.25, 0.3) is 0 Å². The summed E-state index contributed by atoms with van der Waals surface area (Å²) in [6.45, 7) is 2.07. The highest BCUT2D eigenvalue weighted by atomic mass is 16.5. The predicted octanol–water partition coefficient (Wildman–Crippen LogP) is 0.523. The number of methoxy groups -OCH3 is 1. The van der Waals surface area contributed by atoms with Crippen molar-refractivity contribution >= 4 is 11.7 Å². The normalized spacial score (nSPS) is 19.7. The molecule has 1 heterocycles. The van der Waals surface area contributed by atoms with Crippen LogP contribution in [0.1, 0.15) is 5.56 Å². The summed E-state index contributed by atoms with van der Waals surface area (Å²) < 4.78 is 10.2. The Morgan fingerprint density at radius 3 is 3.06 bits per heavy atom. The van der Waals surface area contributed by atoms with Crippen LogP contribution in [-0.4, -0.2) is 38.9 Å². The second-order valence-corrected chi connectivity index (χ2v) is 4.14. The van der Waals surface area contributed by atoms with Gasteiger partial charge in [0.15, 0.2) is 6.04 Å². The molecule has 1 aliphatic heterocycles. The van der Waals surface area contributed by atoms with E-state index in [4.69, 9.17) is 15.2 Å². The lowest BCUT2D eigenvalue weighted by Crippen LogP contribution is -2.51. The Balaban J connectivity index is 2.30. The standard InChI is InChI=1S/C13H18N2O3/c1-17-13(16)12-9-18-7-6-15(12)11-5-3-2-4-10(11)8-14/h2-5,12H,6-9,14H2,1H3. The molecule has 1 atom stereocenters. The van der Waals surface area contributed by atoms with Crippen molar-refractivity contribution in [1.82, 2.24) is 0 Å². The van der Waals surface area contributed by atoms with E-state index in [0.717, 1.165) is 11.3 Å². The number of esters is 1. The average molecular weight is 250 g/mol. The van der Waals surface area contributed by atoms with Gasteiger partial charge in [0.05, 0.1) is 20.3 Å². The summed E-state index contributed by atoms with van der Waals surface area (Å²) in [4.78, 5) is 13.8. The maximum absolute atomic E-state index is 11.8. The molecule has 0 aliphatic carbocycles. The Labute approximate surface area is 106 Å². The molecule has 0 spiro atoms. The van der Waals surface area contributed by atoms with Crippen LogP contribution in [0.3, 0.4) is 0 Å². The monoisotopic (exact) mass is 250 g/mol. The Morgan fingerprint density at radius 2 is 2.33 bits per heavy atom. The third-order valence-electron chi connectivity index (χ3n) is 3.12. The second-order valence-electron chi connectivity index (χ2n) is 4.14. The first kappa shape index (κ1) is 12.9. The van der Waals surface area contributed by atoms with E-state index in [9.17, 15) is 4.79 Å². The number of rotatable bonds is 3. The van der Waals surface area contributed by atoms with Crippen LogP contribution in [-0.2, 0) is 20.8 Å². The zero-order valence-electron chi connectivity index (χ0n) is 10.5. The molecule has 0 aromatic heterocycles. The number of hydrogen-bond donors (Lipinski definition) is 1. The summed E-state index contributed by atoms with van der Waals surface area (Å²) >= 11 is 0. The molecule has 98 valence electrons. The molecule has 5 heteroatoms. The Hall–Kier alpha value is -1.59. The minimum Gasteiger partial charge on any atom is -0.467 e. The van der Waals surface area contributed by atoms with Crippen molar-refractivity contribution < 1.29 is 14.3 Å². The molecule has 1 aromatic carbocycles. The van der Waals surface area contributed by atoms with Gasteiger partial charge in [-0.1, -0.05) is 18.2 Å². The van der Waals surface area contributed by atoms with E-state index in [-0.39, 0.29) is 5.97 Å². The van der Waals surface area contributed by atoms with Crippen molar-refractivity contribution in [3.05, 3.63) is 29.8 Å². The molecule has 2 N–H and O–H groups in total. The topological polar surface area (TPSA) is 64.8 Å². The summed E-state index contributed by atoms with van der Waals surface area (Å²) in [5.41, 5.74) is 7.74. The number of hydrogen-bond acceptors (Lipinski definition) is 5. The van der Waals surface area contributed by atoms with Crippen LogP contribution < -0.4 is 10.6 Å². The van der Waals surface area contributed by atoms with Crippen LogP contribution in [0.2, 0.25) is 0 Å². The van der Waals surface area contributed by atoms with E-state index >= 15 is 0 Å². The van der Waals surface area contributed by atoms with Crippen LogP contribution in [0.5, 0.6) is 0 Å². The fourth-order valence-electron chi connectivity index (χ4n) is 2.19. The highest BCUT2D eigenvalue weighted by Crippen LogP contribution is 2.24. The molecule has 0 bridgehead atoms. The lowest BCUT2D eigenvalue weighted by molar-refractivity contribution is -0.144. The Bertz CT molecular complexity index is 422. The first-order valence-corrected chi connectivity index (χ1v) is 5.98. The van der Waals surface area contributed by atoms with Gasteiger partial charge < -0.3 is 20.1 Å². The van der Waals surface area contributed by atoms with Gasteiger partial charge in [0.1, 0.15) is 0 Å². The van der Waals surface area contributed by atoms with Gasteiger partial charge in [-0.05, 0) is 11.6 Å². The third kappa shape index (κ3) is 2.47. The smallest absolute Gasteiger partial charge is 0.330 e. The van der Waals surface area contributed by atoms with Gasteiger partial charge in [-0.3, -0.25) is 0 Å². The first-order valence-electron chi connectivity index (χ1n) is 5.98. The highest BCUT2D eigenvalue weighted by Gasteiger charge is 2.31. The number of nitrogens with zero attached hydrogens (tertiary/aromatic N) is 1. The molecule has 0 radical (unpaired) electrons. The second kappa shape index (κ2) is 5.84. The summed E-state index contributed by atoms with van der Waals surface area (Å²) in [5, 5.41) is 0. The lowest BCUT2D eigenvalue weighted by Gasteiger charge is -2.36. The van der Waals surface area contributed by atoms with Gasteiger partial charge in [-0.15, -0.1) is 0 Å². The number of carbonyl (C=O) groups is 1. The van der Waals surface area contributed by atoms with Crippen molar-refractivity contribution in [2.45, 2.75) is 12.6 Å². The van der Waals surface area contributed by atoms with E-state index in [1.165, 1.54) is 7.11 Å². The molecule has 1 aromatic rings. The Morgan fingerprint density at radius 1 is 1.56 bits per heavy atom. The van der Waals surface area contributed by atoms with E-state index in [1.54, 1.807) is 0 Å². The SMILES string of the molecule is COC(=O)C1COCCN1c1ccccc1CN. The fourth-order valence-corrected chi connectivity index (χ4v) is 2.19. The molecule has 2 rings (SSSR count). The van der Waals surface area contributed by atoms with E-state index in [0.29, 0.717) is 26.3 Å². The number of nitrogens with two attached hydrogens (primary N) is 1. The van der Waals surface area contributed by atoms with Gasteiger partial charge in [-0.25, -0.2) is 4.79 Å². The average Bonchev–Trinajstić information content (AvgIpc) is 2.46. The molecule has 1 saturated heterocycles. The zero-order chi connectivity index (χ0) is 13.0. The molecule has 0 saturated carbocycles. The van der Waals surface area contributed by atoms with Crippen LogP contribution in [0.4, 0.5) is 5.69 Å². The van der Waals surface area contributed by atoms with Crippen molar-refractivity contribution in [1.29, 1.82) is 0 Å². The lowest BCUT2D eigenvalue weighted by atomic mass is 10.1. The number of morpholine rings is 1. The van der Waals surface area contributed by atoms with E-state index in [2.05, 4.69) is 0 Å². The fraction of sp³-hybridized carbons (Fsp3) is 0.462. The summed E-state index contributed by atoms with van der Waals surface area (Å²) in [6.07, 6.45) is 0. The maximum atomic E-state index is 11.8. The number of ether oxygens (including phenoxy) is 2. The molecular weight excluding hydrogens is 232 g/mol. The van der Waals surface area contributed by atoms with E-state index in [1.807, 2.05) is 29.2 Å². The molecule has 0 amide bonds. The first-order chi connectivity index (χ1) is 8.77. The number of carbonyl (C=O) groups excluding carboxylic acids is 1. The minimum absolute atomic E-state index is 0.276. The van der Waals surface area contributed by atoms with Crippen LogP contribution >= 0.6 is 0 Å². The summed E-state index contributed by atoms with van der Waals surface area (Å²) in [5.74, 6) is -0.276. The summed E-state index contributed by atoms with van der Waals surface area (Å²) in [6, 6.07) is 7.44. The molecule has 5 nitrogen and oxygen atoms in total. The minimum atomic E-state index is -0.392. The molecular formula is C13H18N2O3. The van der Waals surface area contributed by atoms with Gasteiger partial charge in [-0.2, -0.15) is 0 Å². The van der Waals surface area contributed by atoms with Gasteiger partial charge in [0.2, 0.25) is 0 Å². The Kier molecular flexibility index (Phi) is 4.17. The van der Waals surface area contributed by atoms with Crippen molar-refractivity contribution in [3.8, 4) is 0 Å². The number of para-hydroxylation sites is 1. The van der Waals surface area contributed by atoms with Crippen LogP contribution in [0.15, 0.2) is 24.3 Å². The number of anilines is 1. The van der Waals surface area contributed by atoms with Crippen LogP contribution in [0.25, 0.3) is 0 Å². The zero-order valence-corrected chi connectivity index (χ0v) is 10.5. The predicted molar refractivity (Wildman–Crippen MR) is 68.3 cm³/mol. The van der Waals surface area contributed by atoms with E-state index < -0.39 is 6.04 Å². The van der Waals surface area contributed by atoms with Gasteiger partial charge in [0, 0.05) is 18.8 Å². The molecule has 1 fully saturated rings. The molecule has 1 aliphatic rings. The highest BCUT2D eigenvalue weighted by molar-refractivity contribution is 5.81. The maximum Gasteiger partial charge on any atom is 0.330 e.